The topological polar surface area (TPSA) is 47.6 Å². The molecule has 1 aliphatic heterocycles. The van der Waals surface area contributed by atoms with Crippen LogP contribution in [0.2, 0.25) is 0 Å². The van der Waals surface area contributed by atoms with Gasteiger partial charge in [0, 0.05) is 6.42 Å². The summed E-state index contributed by atoms with van der Waals surface area (Å²) < 4.78 is 10.7. The Labute approximate surface area is 114 Å². The first-order chi connectivity index (χ1) is 9.15. The zero-order valence-electron chi connectivity index (χ0n) is 11.5. The summed E-state index contributed by atoms with van der Waals surface area (Å²) in [5.41, 5.74) is 1.11. The predicted molar refractivity (Wildman–Crippen MR) is 72.5 cm³/mol. The van der Waals surface area contributed by atoms with Crippen molar-refractivity contribution in [1.82, 2.24) is 5.32 Å². The number of hydrogen-bond acceptors (Lipinski definition) is 3. The maximum absolute atomic E-state index is 12.0. The van der Waals surface area contributed by atoms with Crippen molar-refractivity contribution in [3.63, 3.8) is 0 Å². The Hall–Kier alpha value is -1.39. The molecule has 1 aromatic carbocycles. The molecule has 0 bridgehead atoms. The van der Waals surface area contributed by atoms with Crippen LogP contribution in [0.4, 0.5) is 0 Å². The third-order valence-corrected chi connectivity index (χ3v) is 3.34. The van der Waals surface area contributed by atoms with Crippen molar-refractivity contribution in [1.29, 1.82) is 0 Å². The molecule has 0 radical (unpaired) electrons. The molecule has 0 aromatic heterocycles. The zero-order valence-corrected chi connectivity index (χ0v) is 11.5. The number of rotatable bonds is 4. The minimum Gasteiger partial charge on any atom is -0.352 e. The molecule has 0 aliphatic carbocycles. The zero-order chi connectivity index (χ0) is 13.7. The van der Waals surface area contributed by atoms with Crippen molar-refractivity contribution in [3.8, 4) is 0 Å². The molecule has 4 heteroatoms. The maximum Gasteiger partial charge on any atom is 0.223 e. The van der Waals surface area contributed by atoms with E-state index < -0.39 is 0 Å². The molecule has 0 unspecified atom stereocenters. The number of ether oxygens (including phenoxy) is 2. The minimum absolute atomic E-state index is 0.0194. The number of hydrogen-bond donors (Lipinski definition) is 1. The van der Waals surface area contributed by atoms with E-state index in [2.05, 4.69) is 5.32 Å². The Kier molecular flexibility index (Phi) is 4.93. The molecular weight excluding hydrogens is 242 g/mol. The molecule has 1 N–H and O–H groups in total. The maximum atomic E-state index is 12.0. The van der Waals surface area contributed by atoms with E-state index in [1.807, 2.05) is 44.2 Å². The van der Waals surface area contributed by atoms with Crippen LogP contribution in [-0.2, 0) is 14.3 Å². The quantitative estimate of drug-likeness (QED) is 0.907. The first kappa shape index (κ1) is 14.0. The summed E-state index contributed by atoms with van der Waals surface area (Å²) in [6, 6.07) is 9.96. The first-order valence-corrected chi connectivity index (χ1v) is 6.72. The summed E-state index contributed by atoms with van der Waals surface area (Å²) in [4.78, 5) is 12.0. The van der Waals surface area contributed by atoms with Gasteiger partial charge in [-0.25, -0.2) is 0 Å². The molecule has 1 amide bonds. The smallest absolute Gasteiger partial charge is 0.223 e. The molecule has 19 heavy (non-hydrogen) atoms. The molecule has 104 valence electrons. The Morgan fingerprint density at radius 1 is 1.37 bits per heavy atom. The lowest BCUT2D eigenvalue weighted by Crippen LogP contribution is -2.35. The van der Waals surface area contributed by atoms with Crippen molar-refractivity contribution in [2.24, 2.45) is 0 Å². The molecule has 0 saturated carbocycles. The average Bonchev–Trinajstić information content (AvgIpc) is 2.39. The molecule has 2 rings (SSSR count). The molecule has 1 heterocycles. The van der Waals surface area contributed by atoms with Gasteiger partial charge < -0.3 is 14.8 Å². The van der Waals surface area contributed by atoms with Crippen LogP contribution in [0, 0.1) is 0 Å². The third-order valence-electron chi connectivity index (χ3n) is 3.34. The van der Waals surface area contributed by atoms with Gasteiger partial charge >= 0.3 is 0 Å². The van der Waals surface area contributed by atoms with E-state index in [-0.39, 0.29) is 30.9 Å². The van der Waals surface area contributed by atoms with Crippen LogP contribution in [-0.4, -0.2) is 24.9 Å². The van der Waals surface area contributed by atoms with Gasteiger partial charge in [0.25, 0.3) is 0 Å². The first-order valence-electron chi connectivity index (χ1n) is 6.72. The average molecular weight is 263 g/mol. The van der Waals surface area contributed by atoms with Gasteiger partial charge in [-0.3, -0.25) is 4.79 Å². The summed E-state index contributed by atoms with van der Waals surface area (Å²) >= 11 is 0. The van der Waals surface area contributed by atoms with Crippen molar-refractivity contribution in [2.75, 3.05) is 6.79 Å². The van der Waals surface area contributed by atoms with E-state index in [9.17, 15) is 4.79 Å². The highest BCUT2D eigenvalue weighted by atomic mass is 16.7. The second kappa shape index (κ2) is 6.68. The summed E-state index contributed by atoms with van der Waals surface area (Å²) in [6.07, 6.45) is 1.29. The van der Waals surface area contributed by atoms with E-state index in [4.69, 9.17) is 9.47 Å². The minimum atomic E-state index is -0.0354. The van der Waals surface area contributed by atoms with E-state index in [0.29, 0.717) is 6.42 Å². The van der Waals surface area contributed by atoms with Crippen LogP contribution >= 0.6 is 0 Å². The summed E-state index contributed by atoms with van der Waals surface area (Å²) in [5.74, 6) is 0.0236. The van der Waals surface area contributed by atoms with E-state index in [1.165, 1.54) is 0 Å². The van der Waals surface area contributed by atoms with Crippen LogP contribution < -0.4 is 5.32 Å². The molecule has 1 aliphatic rings. The molecule has 0 spiro atoms. The van der Waals surface area contributed by atoms with E-state index in [0.717, 1.165) is 12.0 Å². The van der Waals surface area contributed by atoms with Crippen molar-refractivity contribution < 1.29 is 14.3 Å². The van der Waals surface area contributed by atoms with Gasteiger partial charge in [0.2, 0.25) is 5.91 Å². The van der Waals surface area contributed by atoms with Gasteiger partial charge in [0.15, 0.2) is 0 Å². The van der Waals surface area contributed by atoms with Gasteiger partial charge in [0.05, 0.1) is 24.7 Å². The van der Waals surface area contributed by atoms with Gasteiger partial charge in [-0.2, -0.15) is 0 Å². The van der Waals surface area contributed by atoms with Gasteiger partial charge in [0.1, 0.15) is 6.79 Å². The molecule has 4 nitrogen and oxygen atoms in total. The van der Waals surface area contributed by atoms with Crippen LogP contribution in [0.15, 0.2) is 30.3 Å². The van der Waals surface area contributed by atoms with Gasteiger partial charge in [-0.1, -0.05) is 30.3 Å². The fourth-order valence-electron chi connectivity index (χ4n) is 2.23. The third kappa shape index (κ3) is 4.33. The Morgan fingerprint density at radius 3 is 2.79 bits per heavy atom. The van der Waals surface area contributed by atoms with Crippen molar-refractivity contribution in [2.45, 2.75) is 44.9 Å². The molecule has 3 atom stereocenters. The number of benzene rings is 1. The fourth-order valence-corrected chi connectivity index (χ4v) is 2.23. The van der Waals surface area contributed by atoms with Crippen molar-refractivity contribution >= 4 is 5.91 Å². The Balaban J connectivity index is 1.81. The molecule has 1 aromatic rings. The van der Waals surface area contributed by atoms with Gasteiger partial charge in [-0.15, -0.1) is 0 Å². The largest absolute Gasteiger partial charge is 0.352 e. The molecule has 1 saturated heterocycles. The second-order valence-electron chi connectivity index (χ2n) is 5.02. The lowest BCUT2D eigenvalue weighted by atomic mass is 10.1. The second-order valence-corrected chi connectivity index (χ2v) is 5.02. The van der Waals surface area contributed by atoms with Crippen molar-refractivity contribution in [3.05, 3.63) is 35.9 Å². The highest BCUT2D eigenvalue weighted by Crippen LogP contribution is 2.17. The van der Waals surface area contributed by atoms with E-state index in [1.54, 1.807) is 0 Å². The number of nitrogens with one attached hydrogen (secondary N) is 1. The number of carbonyl (C=O) groups excluding carboxylic acids is 1. The van der Waals surface area contributed by atoms with Gasteiger partial charge in [-0.05, 0) is 19.4 Å². The SMILES string of the molecule is C[C@H](NC(=O)C[C@@H]1C[C@H](C)OCO1)c1ccccc1. The summed E-state index contributed by atoms with van der Waals surface area (Å²) in [5, 5.41) is 3.00. The monoisotopic (exact) mass is 263 g/mol. The standard InChI is InChI=1S/C15H21NO3/c1-11-8-14(19-10-18-11)9-15(17)16-12(2)13-6-4-3-5-7-13/h3-7,11-12,14H,8-10H2,1-2H3,(H,16,17)/t11-,12-,14-/m0/s1. The normalized spacial score (nSPS) is 24.7. The molecular formula is C15H21NO3. The van der Waals surface area contributed by atoms with Crippen LogP contribution in [0.1, 0.15) is 38.3 Å². The van der Waals surface area contributed by atoms with E-state index >= 15 is 0 Å². The highest BCUT2D eigenvalue weighted by molar-refractivity contribution is 5.76. The fraction of sp³-hybridized carbons (Fsp3) is 0.533. The Morgan fingerprint density at radius 2 is 2.11 bits per heavy atom. The van der Waals surface area contributed by atoms with Crippen LogP contribution in [0.5, 0.6) is 0 Å². The van der Waals surface area contributed by atoms with Crippen LogP contribution in [0.3, 0.4) is 0 Å². The predicted octanol–water partition coefficient (Wildman–Crippen LogP) is 2.41. The lowest BCUT2D eigenvalue weighted by molar-refractivity contribution is -0.173. The summed E-state index contributed by atoms with van der Waals surface area (Å²) in [7, 11) is 0. The molecule has 1 fully saturated rings. The number of carbonyl (C=O) groups is 1. The van der Waals surface area contributed by atoms with Crippen LogP contribution in [0.25, 0.3) is 0 Å². The number of amides is 1. The lowest BCUT2D eigenvalue weighted by Gasteiger charge is -2.27. The highest BCUT2D eigenvalue weighted by Gasteiger charge is 2.23. The Bertz CT molecular complexity index is 407. The summed E-state index contributed by atoms with van der Waals surface area (Å²) in [6.45, 7) is 4.27.